The van der Waals surface area contributed by atoms with Crippen molar-refractivity contribution >= 4 is 28.5 Å². The van der Waals surface area contributed by atoms with Crippen molar-refractivity contribution < 1.29 is 14.0 Å². The second kappa shape index (κ2) is 8.50. The van der Waals surface area contributed by atoms with Crippen LogP contribution in [0.3, 0.4) is 0 Å². The molecule has 0 unspecified atom stereocenters. The molecule has 33 heavy (non-hydrogen) atoms. The number of amides is 2. The van der Waals surface area contributed by atoms with Gasteiger partial charge in [0, 0.05) is 23.0 Å². The molecule has 0 radical (unpaired) electrons. The quantitative estimate of drug-likeness (QED) is 0.460. The van der Waals surface area contributed by atoms with Crippen LogP contribution in [-0.4, -0.2) is 27.4 Å². The molecule has 2 N–H and O–H groups in total. The normalized spacial score (nSPS) is 13.2. The first kappa shape index (κ1) is 20.9. The number of carbonyl (C=O) groups excluding carboxylic acids is 2. The molecule has 5 rings (SSSR count). The average Bonchev–Trinajstić information content (AvgIpc) is 3.55. The van der Waals surface area contributed by atoms with Gasteiger partial charge in [0.2, 0.25) is 5.91 Å². The third kappa shape index (κ3) is 4.62. The van der Waals surface area contributed by atoms with Crippen LogP contribution in [0.15, 0.2) is 66.7 Å². The number of fused-ring (bicyclic) bond motifs is 1. The van der Waals surface area contributed by atoms with Crippen LogP contribution in [0, 0.1) is 12.7 Å². The highest BCUT2D eigenvalue weighted by atomic mass is 19.1. The Labute approximate surface area is 190 Å². The Kier molecular flexibility index (Phi) is 5.38. The minimum absolute atomic E-state index is 0.0237. The van der Waals surface area contributed by atoms with E-state index in [1.165, 1.54) is 12.1 Å². The first-order chi connectivity index (χ1) is 16.0. The summed E-state index contributed by atoms with van der Waals surface area (Å²) in [5, 5.41) is 5.87. The van der Waals surface area contributed by atoms with Crippen molar-refractivity contribution in [2.24, 2.45) is 0 Å². The Balaban J connectivity index is 1.33. The fraction of sp³-hybridized carbons (Fsp3) is 0.192. The largest absolute Gasteiger partial charge is 0.353 e. The van der Waals surface area contributed by atoms with E-state index < -0.39 is 0 Å². The van der Waals surface area contributed by atoms with E-state index in [-0.39, 0.29) is 17.6 Å². The zero-order valence-corrected chi connectivity index (χ0v) is 18.1. The maximum absolute atomic E-state index is 13.4. The molecule has 4 aromatic rings. The van der Waals surface area contributed by atoms with Crippen LogP contribution in [0.25, 0.3) is 16.7 Å². The second-order valence-corrected chi connectivity index (χ2v) is 8.34. The molecule has 1 aliphatic carbocycles. The van der Waals surface area contributed by atoms with Gasteiger partial charge in [-0.15, -0.1) is 0 Å². The summed E-state index contributed by atoms with van der Waals surface area (Å²) in [5.41, 5.74) is 4.32. The number of benzene rings is 3. The lowest BCUT2D eigenvalue weighted by Crippen LogP contribution is -2.26. The Hall–Kier alpha value is -4.00. The van der Waals surface area contributed by atoms with Gasteiger partial charge in [-0.3, -0.25) is 14.2 Å². The number of halogens is 1. The predicted octanol–water partition coefficient (Wildman–Crippen LogP) is 4.55. The van der Waals surface area contributed by atoms with Gasteiger partial charge in [0.1, 0.15) is 11.6 Å². The summed E-state index contributed by atoms with van der Waals surface area (Å²) >= 11 is 0. The number of aromatic nitrogens is 2. The zero-order chi connectivity index (χ0) is 22.9. The van der Waals surface area contributed by atoms with E-state index in [1.807, 2.05) is 23.6 Å². The maximum atomic E-state index is 13.4. The molecule has 1 aliphatic rings. The van der Waals surface area contributed by atoms with Gasteiger partial charge in [0.05, 0.1) is 17.5 Å². The van der Waals surface area contributed by atoms with Crippen LogP contribution in [-0.2, 0) is 11.2 Å². The van der Waals surface area contributed by atoms with E-state index in [2.05, 4.69) is 15.6 Å². The van der Waals surface area contributed by atoms with Crippen LogP contribution < -0.4 is 10.6 Å². The Bertz CT molecular complexity index is 1340. The van der Waals surface area contributed by atoms with E-state index in [0.717, 1.165) is 41.0 Å². The fourth-order valence-electron chi connectivity index (χ4n) is 3.85. The number of nitrogens with zero attached hydrogens (tertiary/aromatic N) is 2. The van der Waals surface area contributed by atoms with Crippen molar-refractivity contribution in [3.8, 4) is 5.69 Å². The average molecular weight is 442 g/mol. The molecule has 0 aliphatic heterocycles. The summed E-state index contributed by atoms with van der Waals surface area (Å²) < 4.78 is 15.3. The highest BCUT2D eigenvalue weighted by Gasteiger charge is 2.23. The molecular formula is C26H23FN4O2. The molecule has 3 aromatic carbocycles. The standard InChI is InChI=1S/C26H23FN4O2/c1-16-28-23-13-4-18(15-24(23)31(16)22-11-5-19(27)6-12-22)26(33)30-21-7-2-17(3-8-21)14-25(32)29-20-9-10-20/h2-8,11-13,15,20H,9-10,14H2,1H3,(H,29,32)(H,30,33). The molecule has 1 fully saturated rings. The smallest absolute Gasteiger partial charge is 0.255 e. The molecule has 2 amide bonds. The van der Waals surface area contributed by atoms with Gasteiger partial charge in [0.15, 0.2) is 0 Å². The first-order valence-electron chi connectivity index (χ1n) is 10.9. The van der Waals surface area contributed by atoms with E-state index in [1.54, 1.807) is 42.5 Å². The minimum Gasteiger partial charge on any atom is -0.353 e. The van der Waals surface area contributed by atoms with Crippen molar-refractivity contribution in [1.82, 2.24) is 14.9 Å². The molecule has 6 nitrogen and oxygen atoms in total. The molecule has 0 atom stereocenters. The van der Waals surface area contributed by atoms with Crippen molar-refractivity contribution in [3.63, 3.8) is 0 Å². The van der Waals surface area contributed by atoms with Crippen LogP contribution >= 0.6 is 0 Å². The first-order valence-corrected chi connectivity index (χ1v) is 10.9. The summed E-state index contributed by atoms with van der Waals surface area (Å²) in [6, 6.07) is 19.1. The van der Waals surface area contributed by atoms with Crippen LogP contribution in [0.1, 0.15) is 34.6 Å². The van der Waals surface area contributed by atoms with E-state index in [0.29, 0.717) is 23.7 Å². The number of carbonyl (C=O) groups is 2. The molecule has 1 heterocycles. The van der Waals surface area contributed by atoms with Gasteiger partial charge in [-0.05, 0) is 79.9 Å². The second-order valence-electron chi connectivity index (χ2n) is 8.34. The highest BCUT2D eigenvalue weighted by Crippen LogP contribution is 2.23. The SMILES string of the molecule is Cc1nc2ccc(C(=O)Nc3ccc(CC(=O)NC4CC4)cc3)cc2n1-c1ccc(F)cc1. The Morgan fingerprint density at radius 3 is 2.45 bits per heavy atom. The van der Waals surface area contributed by atoms with Crippen molar-refractivity contribution in [2.75, 3.05) is 5.32 Å². The third-order valence-corrected chi connectivity index (χ3v) is 5.69. The lowest BCUT2D eigenvalue weighted by Gasteiger charge is -2.09. The number of rotatable bonds is 6. The number of imidazole rings is 1. The Morgan fingerprint density at radius 1 is 1.03 bits per heavy atom. The van der Waals surface area contributed by atoms with Crippen LogP contribution in [0.4, 0.5) is 10.1 Å². The summed E-state index contributed by atoms with van der Waals surface area (Å²) in [7, 11) is 0. The maximum Gasteiger partial charge on any atom is 0.255 e. The number of nitrogens with one attached hydrogen (secondary N) is 2. The summed E-state index contributed by atoms with van der Waals surface area (Å²) in [5.74, 6) is 0.210. The number of anilines is 1. The summed E-state index contributed by atoms with van der Waals surface area (Å²) in [4.78, 5) is 29.4. The molecule has 1 saturated carbocycles. The Morgan fingerprint density at radius 2 is 1.76 bits per heavy atom. The zero-order valence-electron chi connectivity index (χ0n) is 18.1. The van der Waals surface area contributed by atoms with Crippen molar-refractivity contribution in [3.05, 3.63) is 89.5 Å². The van der Waals surface area contributed by atoms with E-state index >= 15 is 0 Å². The minimum atomic E-state index is -0.310. The van der Waals surface area contributed by atoms with E-state index in [9.17, 15) is 14.0 Å². The number of aryl methyl sites for hydroxylation is 1. The van der Waals surface area contributed by atoms with Gasteiger partial charge in [0.25, 0.3) is 5.91 Å². The van der Waals surface area contributed by atoms with Crippen molar-refractivity contribution in [1.29, 1.82) is 0 Å². The van der Waals surface area contributed by atoms with Gasteiger partial charge in [-0.1, -0.05) is 12.1 Å². The number of hydrogen-bond donors (Lipinski definition) is 2. The van der Waals surface area contributed by atoms with Crippen molar-refractivity contribution in [2.45, 2.75) is 32.2 Å². The molecule has 1 aromatic heterocycles. The van der Waals surface area contributed by atoms with Crippen LogP contribution in [0.2, 0.25) is 0 Å². The molecule has 0 spiro atoms. The van der Waals surface area contributed by atoms with Gasteiger partial charge >= 0.3 is 0 Å². The summed E-state index contributed by atoms with van der Waals surface area (Å²) in [6.45, 7) is 1.87. The molecule has 166 valence electrons. The van der Waals surface area contributed by atoms with E-state index in [4.69, 9.17) is 0 Å². The predicted molar refractivity (Wildman–Crippen MR) is 125 cm³/mol. The summed E-state index contributed by atoms with van der Waals surface area (Å²) in [6.07, 6.45) is 2.45. The highest BCUT2D eigenvalue weighted by molar-refractivity contribution is 6.06. The van der Waals surface area contributed by atoms with Crippen LogP contribution in [0.5, 0.6) is 0 Å². The van der Waals surface area contributed by atoms with Gasteiger partial charge in [-0.2, -0.15) is 0 Å². The number of hydrogen-bond acceptors (Lipinski definition) is 3. The lowest BCUT2D eigenvalue weighted by atomic mass is 10.1. The third-order valence-electron chi connectivity index (χ3n) is 5.69. The van der Waals surface area contributed by atoms with Gasteiger partial charge < -0.3 is 10.6 Å². The topological polar surface area (TPSA) is 76.0 Å². The fourth-order valence-corrected chi connectivity index (χ4v) is 3.85. The monoisotopic (exact) mass is 442 g/mol. The molecule has 7 heteroatoms. The van der Waals surface area contributed by atoms with Gasteiger partial charge in [-0.25, -0.2) is 9.37 Å². The molecule has 0 saturated heterocycles. The lowest BCUT2D eigenvalue weighted by molar-refractivity contribution is -0.120. The molecular weight excluding hydrogens is 419 g/mol. The molecule has 0 bridgehead atoms.